The number of thiophene rings is 1. The highest BCUT2D eigenvalue weighted by atomic mass is 32.2. The topological polar surface area (TPSA) is 98.6 Å². The minimum absolute atomic E-state index is 0.0576. The molecule has 1 fully saturated rings. The van der Waals surface area contributed by atoms with Crippen LogP contribution >= 0.6 is 11.3 Å². The number of carbonyl (C=O) groups excluding carboxylic acids is 2. The summed E-state index contributed by atoms with van der Waals surface area (Å²) in [6.07, 6.45) is 2.02. The van der Waals surface area contributed by atoms with Crippen LogP contribution in [0, 0.1) is 0 Å². The van der Waals surface area contributed by atoms with Crippen molar-refractivity contribution in [1.82, 2.24) is 14.7 Å². The summed E-state index contributed by atoms with van der Waals surface area (Å²) in [4.78, 5) is 27.5. The first kappa shape index (κ1) is 22.2. The second kappa shape index (κ2) is 9.25. The van der Waals surface area contributed by atoms with Crippen molar-refractivity contribution in [3.63, 3.8) is 0 Å². The zero-order chi connectivity index (χ0) is 22.7. The molecule has 0 N–H and O–H groups in total. The highest BCUT2D eigenvalue weighted by Gasteiger charge is 2.33. The van der Waals surface area contributed by atoms with E-state index in [0.29, 0.717) is 18.7 Å². The predicted octanol–water partition coefficient (Wildman–Crippen LogP) is 2.46. The lowest BCUT2D eigenvalue weighted by Gasteiger charge is -2.23. The van der Waals surface area contributed by atoms with E-state index in [4.69, 9.17) is 4.74 Å². The molecule has 0 saturated carbocycles. The number of hydrogen-bond donors (Lipinski definition) is 0. The third-order valence-electron chi connectivity index (χ3n) is 5.40. The molecule has 32 heavy (non-hydrogen) atoms. The van der Waals surface area contributed by atoms with Crippen molar-refractivity contribution in [1.29, 1.82) is 0 Å². The maximum atomic E-state index is 12.8. The van der Waals surface area contributed by atoms with Crippen molar-refractivity contribution < 1.29 is 22.7 Å². The summed E-state index contributed by atoms with van der Waals surface area (Å²) in [5.41, 5.74) is 1.82. The molecular weight excluding hydrogens is 450 g/mol. The molecule has 3 heterocycles. The molecule has 0 spiro atoms. The number of sulfone groups is 1. The van der Waals surface area contributed by atoms with Crippen LogP contribution in [-0.2, 0) is 25.9 Å². The van der Waals surface area contributed by atoms with Gasteiger partial charge in [0.2, 0.25) is 0 Å². The molecule has 1 unspecified atom stereocenters. The number of nitrogens with zero attached hydrogens (tertiary/aromatic N) is 3. The first-order chi connectivity index (χ1) is 15.3. The molecule has 10 heteroatoms. The number of hydrogen-bond acceptors (Lipinski definition) is 7. The summed E-state index contributed by atoms with van der Waals surface area (Å²) < 4.78 is 30.3. The van der Waals surface area contributed by atoms with E-state index >= 15 is 0 Å². The molecule has 1 amide bonds. The summed E-state index contributed by atoms with van der Waals surface area (Å²) in [5.74, 6) is -1.07. The zero-order valence-corrected chi connectivity index (χ0v) is 19.1. The van der Waals surface area contributed by atoms with E-state index in [-0.39, 0.29) is 23.1 Å². The van der Waals surface area contributed by atoms with Crippen LogP contribution in [0.1, 0.15) is 22.3 Å². The fourth-order valence-corrected chi connectivity index (χ4v) is 6.11. The van der Waals surface area contributed by atoms with Crippen molar-refractivity contribution in [2.45, 2.75) is 19.0 Å². The Bertz CT molecular complexity index is 1200. The van der Waals surface area contributed by atoms with Gasteiger partial charge in [-0.05, 0) is 23.4 Å². The minimum atomic E-state index is -3.11. The summed E-state index contributed by atoms with van der Waals surface area (Å²) >= 11 is 1.46. The highest BCUT2D eigenvalue weighted by molar-refractivity contribution is 7.91. The third kappa shape index (κ3) is 5.08. The van der Waals surface area contributed by atoms with E-state index in [9.17, 15) is 18.0 Å². The van der Waals surface area contributed by atoms with Crippen LogP contribution in [0.25, 0.3) is 10.6 Å². The van der Waals surface area contributed by atoms with Crippen molar-refractivity contribution >= 4 is 33.1 Å². The van der Waals surface area contributed by atoms with Crippen molar-refractivity contribution in [2.24, 2.45) is 0 Å². The van der Waals surface area contributed by atoms with E-state index in [2.05, 4.69) is 5.10 Å². The van der Waals surface area contributed by atoms with Crippen LogP contribution < -0.4 is 0 Å². The minimum Gasteiger partial charge on any atom is -0.452 e. The van der Waals surface area contributed by atoms with Gasteiger partial charge >= 0.3 is 5.97 Å². The number of rotatable bonds is 7. The maximum absolute atomic E-state index is 12.8. The zero-order valence-electron chi connectivity index (χ0n) is 17.5. The van der Waals surface area contributed by atoms with Gasteiger partial charge < -0.3 is 9.64 Å². The summed E-state index contributed by atoms with van der Waals surface area (Å²) in [5, 5.41) is 6.47. The molecule has 1 aliphatic heterocycles. The average Bonchev–Trinajstić information content (AvgIpc) is 3.51. The van der Waals surface area contributed by atoms with E-state index in [1.54, 1.807) is 10.9 Å². The Kier molecular flexibility index (Phi) is 6.43. The lowest BCUT2D eigenvalue weighted by Crippen LogP contribution is -2.40. The Labute approximate surface area is 190 Å². The molecule has 1 saturated heterocycles. The Morgan fingerprint density at radius 3 is 2.66 bits per heavy atom. The first-order valence-electron chi connectivity index (χ1n) is 10.1. The monoisotopic (exact) mass is 473 g/mol. The van der Waals surface area contributed by atoms with Crippen LogP contribution in [0.5, 0.6) is 0 Å². The summed E-state index contributed by atoms with van der Waals surface area (Å²) in [6.45, 7) is 0.0317. The van der Waals surface area contributed by atoms with Gasteiger partial charge in [0.25, 0.3) is 5.91 Å². The number of benzene rings is 1. The quantitative estimate of drug-likeness (QED) is 0.489. The van der Waals surface area contributed by atoms with Crippen LogP contribution in [0.15, 0.2) is 54.0 Å². The fourth-order valence-electron chi connectivity index (χ4n) is 3.61. The summed E-state index contributed by atoms with van der Waals surface area (Å²) in [6, 6.07) is 13.1. The van der Waals surface area contributed by atoms with E-state index < -0.39 is 28.3 Å². The van der Waals surface area contributed by atoms with Gasteiger partial charge in [0, 0.05) is 19.3 Å². The van der Waals surface area contributed by atoms with Crippen LogP contribution in [0.2, 0.25) is 0 Å². The Balaban J connectivity index is 1.47. The molecule has 4 rings (SSSR count). The number of ether oxygens (including phenoxy) is 1. The molecule has 0 aliphatic carbocycles. The van der Waals surface area contributed by atoms with Gasteiger partial charge in [-0.15, -0.1) is 11.3 Å². The van der Waals surface area contributed by atoms with Crippen LogP contribution in [0.3, 0.4) is 0 Å². The second-order valence-corrected chi connectivity index (χ2v) is 10.9. The number of aromatic nitrogens is 2. The molecule has 0 bridgehead atoms. The Morgan fingerprint density at radius 2 is 2.00 bits per heavy atom. The number of amides is 1. The average molecular weight is 474 g/mol. The summed E-state index contributed by atoms with van der Waals surface area (Å²) in [7, 11) is -1.58. The van der Waals surface area contributed by atoms with Crippen molar-refractivity contribution in [3.8, 4) is 10.6 Å². The van der Waals surface area contributed by atoms with Gasteiger partial charge in [-0.1, -0.05) is 36.4 Å². The highest BCUT2D eigenvalue weighted by Crippen LogP contribution is 2.27. The predicted molar refractivity (Wildman–Crippen MR) is 121 cm³/mol. The molecule has 1 atom stereocenters. The number of esters is 1. The van der Waals surface area contributed by atoms with Gasteiger partial charge in [-0.25, -0.2) is 13.2 Å². The third-order valence-corrected chi connectivity index (χ3v) is 8.03. The molecular formula is C22H23N3O5S2. The SMILES string of the molecule is CN(C(=O)COC(=O)c1cn(Cc2ccccc2)nc1-c1cccs1)C1CCS(=O)(=O)C1. The standard InChI is InChI=1S/C22H23N3O5S2/c1-24(17-9-11-32(28,29)15-17)20(26)14-30-22(27)18-13-25(12-16-6-3-2-4-7-16)23-21(18)19-8-5-10-31-19/h2-8,10,13,17H,9,11-12,14-15H2,1H3. The first-order valence-corrected chi connectivity index (χ1v) is 12.8. The van der Waals surface area contributed by atoms with Crippen molar-refractivity contribution in [2.75, 3.05) is 25.2 Å². The number of likely N-dealkylation sites (N-methyl/N-ethyl adjacent to an activating group) is 1. The van der Waals surface area contributed by atoms with Crippen molar-refractivity contribution in [3.05, 3.63) is 65.2 Å². The molecule has 1 aliphatic rings. The largest absolute Gasteiger partial charge is 0.452 e. The molecule has 1 aromatic carbocycles. The maximum Gasteiger partial charge on any atom is 0.342 e. The lowest BCUT2D eigenvalue weighted by molar-refractivity contribution is -0.134. The van der Waals surface area contributed by atoms with Gasteiger partial charge in [0.15, 0.2) is 16.4 Å². The van der Waals surface area contributed by atoms with E-state index in [1.165, 1.54) is 23.3 Å². The lowest BCUT2D eigenvalue weighted by atomic mass is 10.2. The molecule has 168 valence electrons. The Hall–Kier alpha value is -2.98. The van der Waals surface area contributed by atoms with Gasteiger partial charge in [-0.2, -0.15) is 5.10 Å². The van der Waals surface area contributed by atoms with Crippen LogP contribution in [-0.4, -0.2) is 66.2 Å². The van der Waals surface area contributed by atoms with E-state index in [0.717, 1.165) is 10.4 Å². The van der Waals surface area contributed by atoms with Crippen LogP contribution in [0.4, 0.5) is 0 Å². The smallest absolute Gasteiger partial charge is 0.342 e. The number of carbonyl (C=O) groups is 2. The van der Waals surface area contributed by atoms with Gasteiger partial charge in [-0.3, -0.25) is 9.48 Å². The molecule has 2 aromatic heterocycles. The molecule has 3 aromatic rings. The fraction of sp³-hybridized carbons (Fsp3) is 0.318. The van der Waals surface area contributed by atoms with Gasteiger partial charge in [0.1, 0.15) is 11.3 Å². The van der Waals surface area contributed by atoms with E-state index in [1.807, 2.05) is 47.8 Å². The second-order valence-electron chi connectivity index (χ2n) is 7.69. The molecule has 0 radical (unpaired) electrons. The normalized spacial score (nSPS) is 17.2. The van der Waals surface area contributed by atoms with Gasteiger partial charge in [0.05, 0.1) is 22.9 Å². The Morgan fingerprint density at radius 1 is 1.22 bits per heavy atom. The molecule has 8 nitrogen and oxygen atoms in total.